The SMILES string of the molecule is CCOc1cc(-c2ccc(N3CCN(Cc4ccccn4)CC3)nc2)c2c(C#N)cnn2c1. The van der Waals surface area contributed by atoms with Gasteiger partial charge < -0.3 is 9.64 Å². The van der Waals surface area contributed by atoms with Crippen LogP contribution in [0.5, 0.6) is 5.75 Å². The Kier molecular flexibility index (Phi) is 5.87. The van der Waals surface area contributed by atoms with E-state index in [2.05, 4.69) is 44.2 Å². The summed E-state index contributed by atoms with van der Waals surface area (Å²) in [6, 6.07) is 14.3. The first-order valence-corrected chi connectivity index (χ1v) is 11.1. The summed E-state index contributed by atoms with van der Waals surface area (Å²) in [6.45, 7) is 7.16. The molecule has 8 nitrogen and oxygen atoms in total. The summed E-state index contributed by atoms with van der Waals surface area (Å²) in [6.07, 6.45) is 7.10. The van der Waals surface area contributed by atoms with Gasteiger partial charge in [0.25, 0.3) is 0 Å². The smallest absolute Gasteiger partial charge is 0.138 e. The molecule has 0 aliphatic carbocycles. The van der Waals surface area contributed by atoms with Gasteiger partial charge in [0.05, 0.1) is 35.8 Å². The minimum absolute atomic E-state index is 0.529. The van der Waals surface area contributed by atoms with E-state index in [0.717, 1.165) is 60.9 Å². The molecule has 5 rings (SSSR count). The molecule has 1 saturated heterocycles. The number of ether oxygens (including phenoxy) is 1. The van der Waals surface area contributed by atoms with E-state index in [-0.39, 0.29) is 0 Å². The summed E-state index contributed by atoms with van der Waals surface area (Å²) in [5.41, 5.74) is 4.20. The summed E-state index contributed by atoms with van der Waals surface area (Å²) >= 11 is 0. The van der Waals surface area contributed by atoms with E-state index in [1.165, 1.54) is 0 Å². The van der Waals surface area contributed by atoms with Gasteiger partial charge in [-0.2, -0.15) is 10.4 Å². The summed E-state index contributed by atoms with van der Waals surface area (Å²) < 4.78 is 7.41. The Morgan fingerprint density at radius 1 is 1.06 bits per heavy atom. The van der Waals surface area contributed by atoms with Crippen molar-refractivity contribution in [3.8, 4) is 22.9 Å². The van der Waals surface area contributed by atoms with Crippen molar-refractivity contribution in [2.75, 3.05) is 37.7 Å². The topological polar surface area (TPSA) is 82.6 Å². The molecule has 5 heterocycles. The molecule has 1 aliphatic heterocycles. The van der Waals surface area contributed by atoms with Gasteiger partial charge in [-0.05, 0) is 37.3 Å². The van der Waals surface area contributed by atoms with Crippen LogP contribution in [0.15, 0.2) is 61.2 Å². The molecule has 0 saturated carbocycles. The lowest BCUT2D eigenvalue weighted by atomic mass is 10.1. The van der Waals surface area contributed by atoms with Crippen LogP contribution in [0.2, 0.25) is 0 Å². The Hall–Kier alpha value is -3.96. The van der Waals surface area contributed by atoms with Gasteiger partial charge in [0.2, 0.25) is 0 Å². The van der Waals surface area contributed by atoms with Gasteiger partial charge in [-0.1, -0.05) is 6.07 Å². The predicted octanol–water partition coefficient (Wildman–Crippen LogP) is 3.38. The maximum Gasteiger partial charge on any atom is 0.138 e. The molecule has 4 aromatic heterocycles. The number of aromatic nitrogens is 4. The molecular formula is C25H25N7O. The van der Waals surface area contributed by atoms with E-state index < -0.39 is 0 Å². The highest BCUT2D eigenvalue weighted by Crippen LogP contribution is 2.31. The van der Waals surface area contributed by atoms with Crippen LogP contribution in [0, 0.1) is 11.3 Å². The number of fused-ring (bicyclic) bond motifs is 1. The van der Waals surface area contributed by atoms with Crippen molar-refractivity contribution < 1.29 is 4.74 Å². The van der Waals surface area contributed by atoms with Crippen LogP contribution in [0.3, 0.4) is 0 Å². The second kappa shape index (κ2) is 9.27. The van der Waals surface area contributed by atoms with Crippen molar-refractivity contribution >= 4 is 11.3 Å². The number of hydrogen-bond donors (Lipinski definition) is 0. The molecule has 0 spiro atoms. The Morgan fingerprint density at radius 3 is 2.64 bits per heavy atom. The Balaban J connectivity index is 1.34. The normalized spacial score (nSPS) is 14.4. The predicted molar refractivity (Wildman–Crippen MR) is 126 cm³/mol. The number of anilines is 1. The molecule has 0 radical (unpaired) electrons. The minimum Gasteiger partial charge on any atom is -0.492 e. The average molecular weight is 440 g/mol. The minimum atomic E-state index is 0.529. The van der Waals surface area contributed by atoms with Crippen molar-refractivity contribution in [2.45, 2.75) is 13.5 Å². The molecule has 0 atom stereocenters. The summed E-state index contributed by atoms with van der Waals surface area (Å²) in [5, 5.41) is 13.9. The molecule has 0 aromatic carbocycles. The van der Waals surface area contributed by atoms with Crippen LogP contribution < -0.4 is 9.64 Å². The zero-order chi connectivity index (χ0) is 22.6. The summed E-state index contributed by atoms with van der Waals surface area (Å²) in [7, 11) is 0. The highest BCUT2D eigenvalue weighted by molar-refractivity contribution is 5.85. The van der Waals surface area contributed by atoms with E-state index >= 15 is 0 Å². The van der Waals surface area contributed by atoms with E-state index in [1.54, 1.807) is 16.9 Å². The monoisotopic (exact) mass is 439 g/mol. The van der Waals surface area contributed by atoms with Crippen LogP contribution in [-0.4, -0.2) is 57.3 Å². The van der Waals surface area contributed by atoms with Gasteiger partial charge in [-0.3, -0.25) is 9.88 Å². The number of rotatable bonds is 6. The van der Waals surface area contributed by atoms with Crippen LogP contribution in [0.1, 0.15) is 18.2 Å². The van der Waals surface area contributed by atoms with Crippen LogP contribution in [0.4, 0.5) is 5.82 Å². The molecule has 0 bridgehead atoms. The molecule has 33 heavy (non-hydrogen) atoms. The number of nitriles is 1. The van der Waals surface area contributed by atoms with E-state index in [0.29, 0.717) is 17.9 Å². The average Bonchev–Trinajstić information content (AvgIpc) is 3.28. The number of piperazine rings is 1. The Morgan fingerprint density at radius 2 is 1.94 bits per heavy atom. The van der Waals surface area contributed by atoms with Gasteiger partial charge >= 0.3 is 0 Å². The number of pyridine rings is 3. The Bertz CT molecular complexity index is 1270. The maximum atomic E-state index is 9.53. The van der Waals surface area contributed by atoms with Gasteiger partial charge in [-0.15, -0.1) is 0 Å². The molecule has 4 aromatic rings. The third kappa shape index (κ3) is 4.36. The number of nitrogens with zero attached hydrogens (tertiary/aromatic N) is 7. The fraction of sp³-hybridized carbons (Fsp3) is 0.280. The van der Waals surface area contributed by atoms with Crippen LogP contribution in [0.25, 0.3) is 16.6 Å². The maximum absolute atomic E-state index is 9.53. The fourth-order valence-electron chi connectivity index (χ4n) is 4.23. The van der Waals surface area contributed by atoms with Crippen molar-refractivity contribution in [3.63, 3.8) is 0 Å². The van der Waals surface area contributed by atoms with Gasteiger partial charge in [-0.25, -0.2) is 9.50 Å². The van der Waals surface area contributed by atoms with Gasteiger partial charge in [0.15, 0.2) is 0 Å². The van der Waals surface area contributed by atoms with Crippen molar-refractivity contribution in [3.05, 3.63) is 72.4 Å². The molecule has 0 N–H and O–H groups in total. The molecule has 8 heteroatoms. The Labute approximate surface area is 192 Å². The largest absolute Gasteiger partial charge is 0.492 e. The molecule has 1 aliphatic rings. The molecule has 166 valence electrons. The van der Waals surface area contributed by atoms with Gasteiger partial charge in [0.1, 0.15) is 17.6 Å². The lowest BCUT2D eigenvalue weighted by Crippen LogP contribution is -2.46. The highest BCUT2D eigenvalue weighted by Gasteiger charge is 2.19. The standard InChI is InChI=1S/C25H25N7O/c1-2-33-22-13-23(25-20(14-26)16-29-32(25)18-22)19-6-7-24(28-15-19)31-11-9-30(10-12-31)17-21-5-3-4-8-27-21/h3-8,13,15-16,18H,2,9-12,17H2,1H3. The third-order valence-electron chi connectivity index (χ3n) is 5.89. The van der Waals surface area contributed by atoms with E-state index in [9.17, 15) is 5.26 Å². The fourth-order valence-corrected chi connectivity index (χ4v) is 4.23. The summed E-state index contributed by atoms with van der Waals surface area (Å²) in [5.74, 6) is 1.67. The third-order valence-corrected chi connectivity index (χ3v) is 5.89. The molecule has 0 amide bonds. The first-order valence-electron chi connectivity index (χ1n) is 11.1. The van der Waals surface area contributed by atoms with Crippen LogP contribution >= 0.6 is 0 Å². The zero-order valence-electron chi connectivity index (χ0n) is 18.6. The second-order valence-electron chi connectivity index (χ2n) is 7.98. The van der Waals surface area contributed by atoms with E-state index in [1.807, 2.05) is 37.5 Å². The quantitative estimate of drug-likeness (QED) is 0.455. The van der Waals surface area contributed by atoms with E-state index in [4.69, 9.17) is 9.72 Å². The lowest BCUT2D eigenvalue weighted by Gasteiger charge is -2.35. The molecule has 1 fully saturated rings. The van der Waals surface area contributed by atoms with Crippen molar-refractivity contribution in [1.29, 1.82) is 5.26 Å². The van der Waals surface area contributed by atoms with Crippen LogP contribution in [-0.2, 0) is 6.54 Å². The van der Waals surface area contributed by atoms with Gasteiger partial charge in [0, 0.05) is 56.2 Å². The summed E-state index contributed by atoms with van der Waals surface area (Å²) in [4.78, 5) is 13.9. The first-order chi connectivity index (χ1) is 16.2. The molecule has 0 unspecified atom stereocenters. The lowest BCUT2D eigenvalue weighted by molar-refractivity contribution is 0.246. The first kappa shape index (κ1) is 20.9. The van der Waals surface area contributed by atoms with Crippen molar-refractivity contribution in [2.24, 2.45) is 0 Å². The molecular weight excluding hydrogens is 414 g/mol. The van der Waals surface area contributed by atoms with Crippen molar-refractivity contribution in [1.82, 2.24) is 24.5 Å². The zero-order valence-corrected chi connectivity index (χ0v) is 18.6. The highest BCUT2D eigenvalue weighted by atomic mass is 16.5. The second-order valence-corrected chi connectivity index (χ2v) is 7.98. The number of hydrogen-bond acceptors (Lipinski definition) is 7.